The first-order chi connectivity index (χ1) is 8.98. The van der Waals surface area contributed by atoms with Crippen LogP contribution in [0.3, 0.4) is 0 Å². The first-order valence-electron chi connectivity index (χ1n) is 6.44. The average Bonchev–Trinajstić information content (AvgIpc) is 2.26. The molecule has 0 aromatic rings. The third-order valence-electron chi connectivity index (χ3n) is 2.87. The first kappa shape index (κ1) is 18.7. The number of carbonyl (C=O) groups excluding carboxylic acids is 1. The fourth-order valence-corrected chi connectivity index (χ4v) is 2.12. The quantitative estimate of drug-likeness (QED) is 0.638. The molecule has 0 aliphatic heterocycles. The molecule has 0 aliphatic carbocycles. The standard InChI is InChI=1S/C12H24N2O5S/c1-5-20(18,19)7-6-13-11(17)14-9(8-10(15)16)12(2,3)4/h9H,5-8H2,1-4H3,(H,15,16)(H2,13,14,17). The number of carbonyl (C=O) groups is 2. The minimum Gasteiger partial charge on any atom is -0.481 e. The van der Waals surface area contributed by atoms with Crippen LogP contribution < -0.4 is 10.6 Å². The molecule has 0 saturated heterocycles. The molecule has 0 aliphatic rings. The van der Waals surface area contributed by atoms with E-state index in [1.54, 1.807) is 0 Å². The Balaban J connectivity index is 4.38. The lowest BCUT2D eigenvalue weighted by Crippen LogP contribution is -2.49. The number of hydrogen-bond acceptors (Lipinski definition) is 4. The molecule has 0 bridgehead atoms. The van der Waals surface area contributed by atoms with Crippen LogP contribution in [0, 0.1) is 5.41 Å². The van der Waals surface area contributed by atoms with Gasteiger partial charge < -0.3 is 15.7 Å². The zero-order valence-corrected chi connectivity index (χ0v) is 13.2. The lowest BCUT2D eigenvalue weighted by Gasteiger charge is -2.30. The van der Waals surface area contributed by atoms with E-state index in [1.807, 2.05) is 20.8 Å². The summed E-state index contributed by atoms with van der Waals surface area (Å²) in [5.74, 6) is -1.10. The number of rotatable bonds is 7. The Labute approximate surface area is 120 Å². The SMILES string of the molecule is CCS(=O)(=O)CCNC(=O)NC(CC(=O)O)C(C)(C)C. The van der Waals surface area contributed by atoms with Crippen molar-refractivity contribution in [3.05, 3.63) is 0 Å². The normalized spacial score (nSPS) is 13.6. The number of hydrogen-bond donors (Lipinski definition) is 3. The Morgan fingerprint density at radius 2 is 1.80 bits per heavy atom. The van der Waals surface area contributed by atoms with Crippen molar-refractivity contribution in [2.24, 2.45) is 5.41 Å². The van der Waals surface area contributed by atoms with Gasteiger partial charge in [0.05, 0.1) is 12.2 Å². The second kappa shape index (κ2) is 7.47. The van der Waals surface area contributed by atoms with Crippen molar-refractivity contribution >= 4 is 21.8 Å². The Bertz CT molecular complexity index is 439. The highest BCUT2D eigenvalue weighted by Crippen LogP contribution is 2.21. The van der Waals surface area contributed by atoms with Crippen molar-refractivity contribution in [2.75, 3.05) is 18.1 Å². The van der Waals surface area contributed by atoms with E-state index in [1.165, 1.54) is 6.92 Å². The van der Waals surface area contributed by atoms with Crippen LogP contribution in [-0.4, -0.2) is 49.6 Å². The van der Waals surface area contributed by atoms with Gasteiger partial charge in [-0.1, -0.05) is 27.7 Å². The van der Waals surface area contributed by atoms with Gasteiger partial charge in [0, 0.05) is 18.3 Å². The second-order valence-corrected chi connectivity index (χ2v) is 8.13. The molecule has 8 heteroatoms. The summed E-state index contributed by atoms with van der Waals surface area (Å²) in [6.45, 7) is 7.01. The number of carboxylic acid groups (broad SMARTS) is 1. The summed E-state index contributed by atoms with van der Waals surface area (Å²) < 4.78 is 22.5. The Morgan fingerprint density at radius 3 is 2.20 bits per heavy atom. The van der Waals surface area contributed by atoms with Crippen molar-refractivity contribution < 1.29 is 23.1 Å². The molecular formula is C12H24N2O5S. The molecule has 0 saturated carbocycles. The number of amides is 2. The molecule has 7 nitrogen and oxygen atoms in total. The van der Waals surface area contributed by atoms with Crippen molar-refractivity contribution in [3.8, 4) is 0 Å². The molecule has 3 N–H and O–H groups in total. The average molecular weight is 308 g/mol. The molecule has 0 aromatic heterocycles. The third kappa shape index (κ3) is 7.98. The van der Waals surface area contributed by atoms with Gasteiger partial charge in [0.25, 0.3) is 0 Å². The van der Waals surface area contributed by atoms with E-state index in [0.717, 1.165) is 0 Å². The van der Waals surface area contributed by atoms with Crippen LogP contribution in [0.15, 0.2) is 0 Å². The summed E-state index contributed by atoms with van der Waals surface area (Å²) in [6, 6.07) is -1.10. The highest BCUT2D eigenvalue weighted by Gasteiger charge is 2.28. The highest BCUT2D eigenvalue weighted by atomic mass is 32.2. The Hall–Kier alpha value is -1.31. The van der Waals surface area contributed by atoms with Crippen molar-refractivity contribution in [1.29, 1.82) is 0 Å². The molecule has 0 rings (SSSR count). The van der Waals surface area contributed by atoms with Gasteiger partial charge in [0.15, 0.2) is 9.84 Å². The number of aliphatic carboxylic acids is 1. The molecule has 2 amide bonds. The van der Waals surface area contributed by atoms with Crippen LogP contribution in [0.4, 0.5) is 4.79 Å². The molecule has 0 fully saturated rings. The summed E-state index contributed by atoms with van der Waals surface area (Å²) in [5.41, 5.74) is -0.411. The van der Waals surface area contributed by atoms with Gasteiger partial charge in [-0.15, -0.1) is 0 Å². The van der Waals surface area contributed by atoms with E-state index in [4.69, 9.17) is 5.11 Å². The largest absolute Gasteiger partial charge is 0.481 e. The maximum absolute atomic E-state index is 11.6. The summed E-state index contributed by atoms with van der Waals surface area (Å²) in [5, 5.41) is 13.8. The second-order valence-electron chi connectivity index (χ2n) is 5.65. The predicted octanol–water partition coefficient (Wildman–Crippen LogP) is 0.610. The van der Waals surface area contributed by atoms with Crippen LogP contribution in [0.25, 0.3) is 0 Å². The molecule has 1 atom stereocenters. The van der Waals surface area contributed by atoms with Gasteiger partial charge in [-0.2, -0.15) is 0 Å². The monoisotopic (exact) mass is 308 g/mol. The van der Waals surface area contributed by atoms with Crippen LogP contribution in [0.5, 0.6) is 0 Å². The van der Waals surface area contributed by atoms with Gasteiger partial charge >= 0.3 is 12.0 Å². The molecule has 0 spiro atoms. The molecule has 0 heterocycles. The fraction of sp³-hybridized carbons (Fsp3) is 0.833. The Kier molecular flexibility index (Phi) is 6.98. The van der Waals surface area contributed by atoms with Crippen molar-refractivity contribution in [2.45, 2.75) is 40.2 Å². The minimum atomic E-state index is -3.13. The maximum atomic E-state index is 11.6. The van der Waals surface area contributed by atoms with E-state index in [0.29, 0.717) is 0 Å². The smallest absolute Gasteiger partial charge is 0.315 e. The summed E-state index contributed by atoms with van der Waals surface area (Å²) in [6.07, 6.45) is -0.190. The Morgan fingerprint density at radius 1 is 1.25 bits per heavy atom. The molecule has 0 radical (unpaired) electrons. The van der Waals surface area contributed by atoms with Gasteiger partial charge in [0.1, 0.15) is 0 Å². The molecule has 118 valence electrons. The van der Waals surface area contributed by atoms with Crippen molar-refractivity contribution in [1.82, 2.24) is 10.6 Å². The van der Waals surface area contributed by atoms with Crippen LogP contribution in [0.2, 0.25) is 0 Å². The van der Waals surface area contributed by atoms with E-state index in [-0.39, 0.29) is 24.5 Å². The fourth-order valence-electron chi connectivity index (χ4n) is 1.42. The summed E-state index contributed by atoms with van der Waals surface area (Å²) in [7, 11) is -3.13. The van der Waals surface area contributed by atoms with Crippen LogP contribution >= 0.6 is 0 Å². The molecule has 1 unspecified atom stereocenters. The lowest BCUT2D eigenvalue weighted by atomic mass is 9.85. The van der Waals surface area contributed by atoms with Gasteiger partial charge in [-0.25, -0.2) is 13.2 Å². The van der Waals surface area contributed by atoms with E-state index in [2.05, 4.69) is 10.6 Å². The number of nitrogens with one attached hydrogen (secondary N) is 2. The first-order valence-corrected chi connectivity index (χ1v) is 8.26. The maximum Gasteiger partial charge on any atom is 0.315 e. The summed E-state index contributed by atoms with van der Waals surface area (Å²) >= 11 is 0. The van der Waals surface area contributed by atoms with E-state index < -0.39 is 33.3 Å². The van der Waals surface area contributed by atoms with Crippen molar-refractivity contribution in [3.63, 3.8) is 0 Å². The highest BCUT2D eigenvalue weighted by molar-refractivity contribution is 7.91. The topological polar surface area (TPSA) is 113 Å². The number of urea groups is 1. The number of carboxylic acids is 1. The lowest BCUT2D eigenvalue weighted by molar-refractivity contribution is -0.138. The molecule has 20 heavy (non-hydrogen) atoms. The minimum absolute atomic E-state index is 0.00589. The van der Waals surface area contributed by atoms with Gasteiger partial charge in [-0.3, -0.25) is 4.79 Å². The van der Waals surface area contributed by atoms with Crippen LogP contribution in [-0.2, 0) is 14.6 Å². The third-order valence-corrected chi connectivity index (χ3v) is 4.57. The number of sulfone groups is 1. The van der Waals surface area contributed by atoms with E-state index in [9.17, 15) is 18.0 Å². The van der Waals surface area contributed by atoms with Gasteiger partial charge in [0.2, 0.25) is 0 Å². The predicted molar refractivity (Wildman–Crippen MR) is 76.4 cm³/mol. The van der Waals surface area contributed by atoms with E-state index >= 15 is 0 Å². The van der Waals surface area contributed by atoms with Crippen LogP contribution in [0.1, 0.15) is 34.1 Å². The van der Waals surface area contributed by atoms with Gasteiger partial charge in [-0.05, 0) is 5.41 Å². The molecular weight excluding hydrogens is 284 g/mol. The summed E-state index contributed by atoms with van der Waals surface area (Å²) in [4.78, 5) is 22.4. The molecule has 0 aromatic carbocycles. The zero-order valence-electron chi connectivity index (χ0n) is 12.4. The zero-order chi connectivity index (χ0) is 16.0.